The van der Waals surface area contributed by atoms with Crippen LogP contribution in [0.5, 0.6) is 5.88 Å². The zero-order valence-electron chi connectivity index (χ0n) is 12.9. The molecule has 1 atom stereocenters. The summed E-state index contributed by atoms with van der Waals surface area (Å²) >= 11 is 10.1. The maximum absolute atomic E-state index is 6.50. The van der Waals surface area contributed by atoms with Gasteiger partial charge in [-0.25, -0.2) is 4.98 Å². The lowest BCUT2D eigenvalue weighted by Crippen LogP contribution is -2.30. The van der Waals surface area contributed by atoms with Crippen LogP contribution in [-0.2, 0) is 18.0 Å². The van der Waals surface area contributed by atoms with E-state index in [1.165, 1.54) is 18.4 Å². The maximum Gasteiger partial charge on any atom is 0.213 e. The third kappa shape index (κ3) is 2.74. The minimum atomic E-state index is 0.475. The number of hydrogen-bond donors (Lipinski definition) is 0. The van der Waals surface area contributed by atoms with Crippen LogP contribution in [-0.4, -0.2) is 36.1 Å². The first-order valence-corrected chi connectivity index (χ1v) is 9.02. The van der Waals surface area contributed by atoms with Crippen LogP contribution in [0, 0.1) is 0 Å². The number of rotatable bonds is 3. The van der Waals surface area contributed by atoms with Gasteiger partial charge in [0.25, 0.3) is 0 Å². The van der Waals surface area contributed by atoms with Gasteiger partial charge in [-0.05, 0) is 59.6 Å². The molecule has 0 spiro atoms. The van der Waals surface area contributed by atoms with E-state index in [1.54, 1.807) is 0 Å². The molecule has 0 N–H and O–H groups in total. The molecule has 1 fully saturated rings. The molecule has 2 aromatic rings. The first kappa shape index (κ1) is 15.6. The van der Waals surface area contributed by atoms with Gasteiger partial charge in [-0.1, -0.05) is 11.6 Å². The van der Waals surface area contributed by atoms with Gasteiger partial charge in [0.1, 0.15) is 6.61 Å². The summed E-state index contributed by atoms with van der Waals surface area (Å²) in [6.07, 6.45) is 2.42. The number of likely N-dealkylation sites (N-methyl/N-ethyl adjacent to an activating group) is 1. The van der Waals surface area contributed by atoms with Crippen LogP contribution < -0.4 is 4.74 Å². The molecule has 4 nitrogen and oxygen atoms in total. The van der Waals surface area contributed by atoms with Crippen LogP contribution in [0.15, 0.2) is 16.6 Å². The molecule has 6 heteroatoms. The van der Waals surface area contributed by atoms with Crippen molar-refractivity contribution >= 4 is 38.4 Å². The maximum atomic E-state index is 6.50. The van der Waals surface area contributed by atoms with E-state index in [0.717, 1.165) is 27.5 Å². The van der Waals surface area contributed by atoms with E-state index in [9.17, 15) is 0 Å². The molecule has 1 saturated heterocycles. The molecule has 1 aromatic carbocycles. The molecule has 0 bridgehead atoms. The van der Waals surface area contributed by atoms with E-state index in [0.29, 0.717) is 36.8 Å². The van der Waals surface area contributed by atoms with Crippen molar-refractivity contribution in [1.82, 2.24) is 9.88 Å². The number of nitrogens with zero attached hydrogens (tertiary/aromatic N) is 2. The highest BCUT2D eigenvalue weighted by Gasteiger charge is 2.24. The lowest BCUT2D eigenvalue weighted by atomic mass is 10.0. The van der Waals surface area contributed by atoms with Crippen molar-refractivity contribution in [2.24, 2.45) is 0 Å². The van der Waals surface area contributed by atoms with Gasteiger partial charge in [0.05, 0.1) is 23.8 Å². The van der Waals surface area contributed by atoms with E-state index >= 15 is 0 Å². The van der Waals surface area contributed by atoms with Gasteiger partial charge >= 0.3 is 0 Å². The van der Waals surface area contributed by atoms with Crippen LogP contribution in [0.2, 0.25) is 5.02 Å². The Morgan fingerprint density at radius 1 is 1.39 bits per heavy atom. The Kier molecular flexibility index (Phi) is 4.22. The second kappa shape index (κ2) is 6.20. The average Bonchev–Trinajstić information content (AvgIpc) is 3.19. The van der Waals surface area contributed by atoms with Crippen LogP contribution >= 0.6 is 27.5 Å². The molecule has 0 aliphatic carbocycles. The molecule has 2 aliphatic heterocycles. The highest BCUT2D eigenvalue weighted by Crippen LogP contribution is 2.40. The molecule has 0 unspecified atom stereocenters. The molecule has 4 rings (SSSR count). The Hall–Kier alpha value is -0.880. The zero-order chi connectivity index (χ0) is 16.0. The lowest BCUT2D eigenvalue weighted by Gasteiger charge is -2.19. The van der Waals surface area contributed by atoms with Crippen molar-refractivity contribution in [1.29, 1.82) is 0 Å². The van der Waals surface area contributed by atoms with Gasteiger partial charge in [0.15, 0.2) is 0 Å². The van der Waals surface area contributed by atoms with Crippen molar-refractivity contribution in [3.63, 3.8) is 0 Å². The van der Waals surface area contributed by atoms with E-state index in [1.807, 2.05) is 12.1 Å². The molecule has 2 aliphatic rings. The Morgan fingerprint density at radius 3 is 3.00 bits per heavy atom. The van der Waals surface area contributed by atoms with E-state index in [4.69, 9.17) is 21.1 Å². The third-order valence-electron chi connectivity index (χ3n) is 4.81. The van der Waals surface area contributed by atoms with Gasteiger partial charge in [0.2, 0.25) is 5.88 Å². The minimum Gasteiger partial charge on any atom is -0.476 e. The summed E-state index contributed by atoms with van der Waals surface area (Å²) < 4.78 is 12.4. The number of pyridine rings is 1. The highest BCUT2D eigenvalue weighted by atomic mass is 79.9. The van der Waals surface area contributed by atoms with Crippen LogP contribution in [0.3, 0.4) is 0 Å². The second-order valence-corrected chi connectivity index (χ2v) is 7.38. The summed E-state index contributed by atoms with van der Waals surface area (Å²) in [5.41, 5.74) is 3.08. The predicted molar refractivity (Wildman–Crippen MR) is 94.1 cm³/mol. The Morgan fingerprint density at radius 2 is 2.22 bits per heavy atom. The van der Waals surface area contributed by atoms with Crippen LogP contribution in [0.1, 0.15) is 24.0 Å². The number of aromatic nitrogens is 1. The van der Waals surface area contributed by atoms with Crippen molar-refractivity contribution in [3.05, 3.63) is 32.8 Å². The monoisotopic (exact) mass is 396 g/mol. The summed E-state index contributed by atoms with van der Waals surface area (Å²) in [6, 6.07) is 4.45. The topological polar surface area (TPSA) is 34.6 Å². The summed E-state index contributed by atoms with van der Waals surface area (Å²) in [6.45, 7) is 3.01. The van der Waals surface area contributed by atoms with E-state index < -0.39 is 0 Å². The SMILES string of the molecule is CN1CCC[C@H]1COc1ccc2c3c(c(Br)c(Cl)c2n1)COC3. The van der Waals surface area contributed by atoms with Crippen molar-refractivity contribution in [3.8, 4) is 5.88 Å². The summed E-state index contributed by atoms with van der Waals surface area (Å²) in [4.78, 5) is 6.98. The summed E-state index contributed by atoms with van der Waals surface area (Å²) in [5.74, 6) is 0.630. The average molecular weight is 398 g/mol. The minimum absolute atomic E-state index is 0.475. The molecular formula is C17H18BrClN2O2. The van der Waals surface area contributed by atoms with Gasteiger partial charge in [0, 0.05) is 22.0 Å². The molecule has 23 heavy (non-hydrogen) atoms. The predicted octanol–water partition coefficient (Wildman–Crippen LogP) is 4.15. The normalized spacial score (nSPS) is 21.1. The first-order valence-electron chi connectivity index (χ1n) is 7.85. The fourth-order valence-corrected chi connectivity index (χ4v) is 4.21. The molecule has 1 aromatic heterocycles. The van der Waals surface area contributed by atoms with E-state index in [-0.39, 0.29) is 0 Å². The van der Waals surface area contributed by atoms with Crippen molar-refractivity contribution in [2.45, 2.75) is 32.1 Å². The summed E-state index contributed by atoms with van der Waals surface area (Å²) in [7, 11) is 2.14. The molecule has 0 radical (unpaired) electrons. The Bertz CT molecular complexity index is 768. The third-order valence-corrected chi connectivity index (χ3v) is 6.28. The zero-order valence-corrected chi connectivity index (χ0v) is 15.3. The second-order valence-electron chi connectivity index (χ2n) is 6.21. The van der Waals surface area contributed by atoms with Gasteiger partial charge in [-0.3, -0.25) is 0 Å². The van der Waals surface area contributed by atoms with Crippen LogP contribution in [0.25, 0.3) is 10.9 Å². The Balaban J connectivity index is 1.65. The molecule has 0 amide bonds. The van der Waals surface area contributed by atoms with Gasteiger partial charge in [-0.2, -0.15) is 0 Å². The molecular weight excluding hydrogens is 380 g/mol. The highest BCUT2D eigenvalue weighted by molar-refractivity contribution is 9.10. The first-order chi connectivity index (χ1) is 11.1. The fourth-order valence-electron chi connectivity index (χ4n) is 3.41. The number of ether oxygens (including phenoxy) is 2. The smallest absolute Gasteiger partial charge is 0.213 e. The Labute approximate surface area is 148 Å². The summed E-state index contributed by atoms with van der Waals surface area (Å²) in [5, 5.41) is 1.68. The standard InChI is InChI=1S/C17H18BrClN2O2/c1-21-6-2-3-10(21)7-23-14-5-4-11-12-8-22-9-13(12)15(18)16(19)17(11)20-14/h4-5,10H,2-3,6-9H2,1H3/t10-/m0/s1. The molecule has 0 saturated carbocycles. The van der Waals surface area contributed by atoms with Crippen molar-refractivity contribution in [2.75, 3.05) is 20.2 Å². The number of fused-ring (bicyclic) bond motifs is 3. The number of likely N-dealkylation sites (tertiary alicyclic amines) is 1. The number of benzene rings is 1. The number of hydrogen-bond acceptors (Lipinski definition) is 4. The number of halogens is 2. The fraction of sp³-hybridized carbons (Fsp3) is 0.471. The van der Waals surface area contributed by atoms with Crippen molar-refractivity contribution < 1.29 is 9.47 Å². The van der Waals surface area contributed by atoms with Gasteiger partial charge < -0.3 is 14.4 Å². The largest absolute Gasteiger partial charge is 0.476 e. The van der Waals surface area contributed by atoms with Gasteiger partial charge in [-0.15, -0.1) is 0 Å². The van der Waals surface area contributed by atoms with Crippen LogP contribution in [0.4, 0.5) is 0 Å². The molecule has 122 valence electrons. The molecule has 3 heterocycles. The quantitative estimate of drug-likeness (QED) is 0.779. The lowest BCUT2D eigenvalue weighted by molar-refractivity contribution is 0.134. The van der Waals surface area contributed by atoms with E-state index in [2.05, 4.69) is 32.9 Å².